The lowest BCUT2D eigenvalue weighted by Crippen LogP contribution is -2.54. The van der Waals surface area contributed by atoms with Crippen molar-refractivity contribution in [1.29, 1.82) is 0 Å². The van der Waals surface area contributed by atoms with Crippen molar-refractivity contribution in [3.8, 4) is 11.6 Å². The van der Waals surface area contributed by atoms with Gasteiger partial charge in [-0.1, -0.05) is 12.1 Å². The van der Waals surface area contributed by atoms with Crippen LogP contribution in [0.4, 0.5) is 0 Å². The minimum Gasteiger partial charge on any atom is -0.443 e. The third-order valence-corrected chi connectivity index (χ3v) is 7.48. The molecule has 1 unspecified atom stereocenters. The van der Waals surface area contributed by atoms with E-state index in [9.17, 15) is 24.3 Å². The maximum atomic E-state index is 13.2. The van der Waals surface area contributed by atoms with Crippen LogP contribution >= 0.6 is 0 Å². The Morgan fingerprint density at radius 3 is 2.58 bits per heavy atom. The van der Waals surface area contributed by atoms with E-state index in [0.29, 0.717) is 49.6 Å². The number of aromatic nitrogens is 2. The van der Waals surface area contributed by atoms with Crippen molar-refractivity contribution in [3.63, 3.8) is 0 Å². The molecular weight excluding hydrogens is 490 g/mol. The average molecular weight is 516 g/mol. The number of hydrogen-bond acceptors (Lipinski definition) is 9. The molecule has 1 atom stereocenters. The summed E-state index contributed by atoms with van der Waals surface area (Å²) in [6.07, 6.45) is 4.30. The van der Waals surface area contributed by atoms with Crippen LogP contribution in [-0.4, -0.2) is 67.6 Å². The normalized spacial score (nSPS) is 21.5. The van der Waals surface area contributed by atoms with Crippen molar-refractivity contribution in [2.75, 3.05) is 13.1 Å². The highest BCUT2D eigenvalue weighted by Crippen LogP contribution is 2.37. The minimum atomic E-state index is -1.17. The van der Waals surface area contributed by atoms with Crippen LogP contribution < -0.4 is 5.32 Å². The molecule has 0 aliphatic carbocycles. The van der Waals surface area contributed by atoms with E-state index in [2.05, 4.69) is 20.2 Å². The van der Waals surface area contributed by atoms with E-state index in [4.69, 9.17) is 4.42 Å². The molecule has 2 saturated heterocycles. The summed E-state index contributed by atoms with van der Waals surface area (Å²) in [7, 11) is 0. The number of oxazole rings is 1. The highest BCUT2D eigenvalue weighted by molar-refractivity contribution is 6.23. The van der Waals surface area contributed by atoms with Crippen LogP contribution in [0.25, 0.3) is 11.6 Å². The monoisotopic (exact) mass is 515 g/mol. The molecule has 11 nitrogen and oxygen atoms in total. The Kier molecular flexibility index (Phi) is 5.88. The number of fused-ring (bicyclic) bond motifs is 1. The molecule has 2 fully saturated rings. The summed E-state index contributed by atoms with van der Waals surface area (Å²) in [4.78, 5) is 61.8. The zero-order chi connectivity index (χ0) is 26.4. The number of nitrogens with zero attached hydrogens (tertiary/aromatic N) is 4. The number of carbonyl (C=O) groups excluding carboxylic acids is 4. The summed E-state index contributed by atoms with van der Waals surface area (Å²) in [5.74, 6) is -1.77. The Bertz CT molecular complexity index is 1440. The quantitative estimate of drug-likeness (QED) is 0.484. The zero-order valence-electron chi connectivity index (χ0n) is 20.4. The summed E-state index contributed by atoms with van der Waals surface area (Å²) < 4.78 is 5.57. The molecule has 1 aromatic carbocycles. The second-order valence-electron chi connectivity index (χ2n) is 9.87. The summed E-state index contributed by atoms with van der Waals surface area (Å²) in [5.41, 5.74) is 1.18. The number of likely N-dealkylation sites (tertiary alicyclic amines) is 1. The summed E-state index contributed by atoms with van der Waals surface area (Å²) in [5, 5.41) is 13.7. The number of carbonyl (C=O) groups is 4. The number of pyridine rings is 1. The molecule has 0 spiro atoms. The molecule has 3 aromatic rings. The lowest BCUT2D eigenvalue weighted by molar-refractivity contribution is -0.136. The molecule has 3 aliphatic heterocycles. The fraction of sp³-hybridized carbons (Fsp3) is 0.333. The van der Waals surface area contributed by atoms with Gasteiger partial charge in [0.25, 0.3) is 11.8 Å². The largest absolute Gasteiger partial charge is 0.443 e. The molecule has 38 heavy (non-hydrogen) atoms. The van der Waals surface area contributed by atoms with E-state index in [-0.39, 0.29) is 24.0 Å². The maximum Gasteiger partial charge on any atom is 0.262 e. The van der Waals surface area contributed by atoms with Crippen LogP contribution in [0.3, 0.4) is 0 Å². The van der Waals surface area contributed by atoms with E-state index in [0.717, 1.165) is 10.6 Å². The van der Waals surface area contributed by atoms with Crippen LogP contribution in [0, 0.1) is 0 Å². The first kappa shape index (κ1) is 24.1. The molecule has 11 heteroatoms. The van der Waals surface area contributed by atoms with Crippen molar-refractivity contribution in [1.82, 2.24) is 25.1 Å². The van der Waals surface area contributed by atoms with Gasteiger partial charge in [-0.2, -0.15) is 0 Å². The van der Waals surface area contributed by atoms with Crippen LogP contribution in [0.5, 0.6) is 0 Å². The van der Waals surface area contributed by atoms with Crippen molar-refractivity contribution in [2.24, 2.45) is 0 Å². The number of imide groups is 2. The van der Waals surface area contributed by atoms with E-state index in [1.165, 1.54) is 6.07 Å². The van der Waals surface area contributed by atoms with Crippen molar-refractivity contribution in [3.05, 3.63) is 71.2 Å². The molecule has 2 N–H and O–H groups in total. The predicted molar refractivity (Wildman–Crippen MR) is 131 cm³/mol. The van der Waals surface area contributed by atoms with Gasteiger partial charge in [0.15, 0.2) is 0 Å². The number of benzene rings is 1. The Balaban J connectivity index is 1.13. The van der Waals surface area contributed by atoms with Crippen LogP contribution in [0.15, 0.2) is 53.3 Å². The van der Waals surface area contributed by atoms with Crippen LogP contribution in [-0.2, 0) is 21.7 Å². The minimum absolute atomic E-state index is 0.0596. The highest BCUT2D eigenvalue weighted by Gasteiger charge is 2.45. The van der Waals surface area contributed by atoms with Crippen molar-refractivity contribution >= 4 is 23.6 Å². The van der Waals surface area contributed by atoms with Crippen LogP contribution in [0.1, 0.15) is 57.7 Å². The molecule has 0 radical (unpaired) electrons. The molecular formula is C27H25N5O6. The van der Waals surface area contributed by atoms with E-state index < -0.39 is 35.3 Å². The second kappa shape index (κ2) is 9.26. The van der Waals surface area contributed by atoms with Crippen molar-refractivity contribution < 1.29 is 28.7 Å². The molecule has 2 aromatic heterocycles. The first-order valence-corrected chi connectivity index (χ1v) is 12.5. The van der Waals surface area contributed by atoms with Gasteiger partial charge in [0.05, 0.1) is 22.4 Å². The summed E-state index contributed by atoms with van der Waals surface area (Å²) in [6, 6.07) is 9.27. The number of hydrogen-bond donors (Lipinski definition) is 2. The number of amides is 4. The third kappa shape index (κ3) is 4.19. The summed E-state index contributed by atoms with van der Waals surface area (Å²) in [6.45, 7) is 1.74. The molecule has 3 aliphatic rings. The fourth-order valence-corrected chi connectivity index (χ4v) is 5.35. The van der Waals surface area contributed by atoms with Gasteiger partial charge < -0.3 is 9.52 Å². The van der Waals surface area contributed by atoms with Gasteiger partial charge in [-0.25, -0.2) is 4.98 Å². The lowest BCUT2D eigenvalue weighted by atomic mass is 9.83. The molecule has 5 heterocycles. The second-order valence-corrected chi connectivity index (χ2v) is 9.87. The molecule has 6 rings (SSSR count). The smallest absolute Gasteiger partial charge is 0.262 e. The first-order valence-electron chi connectivity index (χ1n) is 12.5. The average Bonchev–Trinajstić information content (AvgIpc) is 3.49. The zero-order valence-corrected chi connectivity index (χ0v) is 20.4. The fourth-order valence-electron chi connectivity index (χ4n) is 5.35. The van der Waals surface area contributed by atoms with Gasteiger partial charge >= 0.3 is 0 Å². The number of rotatable bonds is 5. The molecule has 0 saturated carbocycles. The lowest BCUT2D eigenvalue weighted by Gasteiger charge is -2.38. The van der Waals surface area contributed by atoms with Gasteiger partial charge in [-0.15, -0.1) is 0 Å². The van der Waals surface area contributed by atoms with E-state index in [1.54, 1.807) is 24.6 Å². The maximum absolute atomic E-state index is 13.2. The molecule has 194 valence electrons. The SMILES string of the molecule is O=C1CCC(N2C(=O)c3ccc(C4(O)CCN(Cc5coc(-c6ccccn6)n5)CC4)cc3C2=O)C(=O)N1. The van der Waals surface area contributed by atoms with Gasteiger partial charge in [-0.3, -0.25) is 39.3 Å². The van der Waals surface area contributed by atoms with Gasteiger partial charge in [0.2, 0.25) is 17.7 Å². The van der Waals surface area contributed by atoms with Gasteiger partial charge in [-0.05, 0) is 49.1 Å². The summed E-state index contributed by atoms with van der Waals surface area (Å²) >= 11 is 0. The Morgan fingerprint density at radius 1 is 1.05 bits per heavy atom. The molecule has 0 bridgehead atoms. The van der Waals surface area contributed by atoms with Crippen molar-refractivity contribution in [2.45, 2.75) is 43.9 Å². The van der Waals surface area contributed by atoms with Gasteiger partial charge in [0.1, 0.15) is 18.0 Å². The Labute approximate surface area is 217 Å². The third-order valence-electron chi connectivity index (χ3n) is 7.48. The van der Waals surface area contributed by atoms with E-state index >= 15 is 0 Å². The number of nitrogens with one attached hydrogen (secondary N) is 1. The van der Waals surface area contributed by atoms with Crippen LogP contribution in [0.2, 0.25) is 0 Å². The highest BCUT2D eigenvalue weighted by atomic mass is 16.3. The van der Waals surface area contributed by atoms with E-state index in [1.807, 2.05) is 18.2 Å². The standard InChI is InChI=1S/C27H25N5O6/c33-22-7-6-21(23(34)30-22)32-25(35)18-5-4-16(13-19(18)26(32)36)27(37)8-11-31(12-9-27)14-17-15-38-24(29-17)20-3-1-2-10-28-20/h1-5,10,13,15,21,37H,6-9,11-12,14H2,(H,30,33,34). The topological polar surface area (TPSA) is 146 Å². The predicted octanol–water partition coefficient (Wildman–Crippen LogP) is 1.62. The Hall–Kier alpha value is -4.22. The Morgan fingerprint density at radius 2 is 1.84 bits per heavy atom. The molecule has 4 amide bonds. The number of piperidine rings is 2. The first-order chi connectivity index (χ1) is 18.3. The van der Waals surface area contributed by atoms with Gasteiger partial charge in [0, 0.05) is 32.3 Å². The number of aliphatic hydroxyl groups is 1.